The molecule has 0 aliphatic carbocycles. The van der Waals surface area contributed by atoms with E-state index in [-0.39, 0.29) is 6.04 Å². The lowest BCUT2D eigenvalue weighted by atomic mass is 9.96. The van der Waals surface area contributed by atoms with Crippen molar-refractivity contribution < 1.29 is 0 Å². The SMILES string of the molecule is NNC(c1cc(I)ccc1Br)c1cncc2ccccc12. The maximum Gasteiger partial charge on any atom is 0.0742 e. The Bertz CT molecular complexity index is 786. The van der Waals surface area contributed by atoms with Crippen LogP contribution in [0.25, 0.3) is 10.8 Å². The molecule has 5 heteroatoms. The van der Waals surface area contributed by atoms with Crippen molar-refractivity contribution >= 4 is 49.3 Å². The Morgan fingerprint density at radius 2 is 1.90 bits per heavy atom. The van der Waals surface area contributed by atoms with Gasteiger partial charge in [0, 0.05) is 31.4 Å². The molecule has 1 heterocycles. The summed E-state index contributed by atoms with van der Waals surface area (Å²) in [6.07, 6.45) is 3.75. The van der Waals surface area contributed by atoms with Crippen LogP contribution in [0.4, 0.5) is 0 Å². The minimum atomic E-state index is -0.118. The molecule has 3 N–H and O–H groups in total. The molecule has 0 saturated carbocycles. The van der Waals surface area contributed by atoms with Crippen molar-refractivity contribution in [2.45, 2.75) is 6.04 Å². The number of halogens is 2. The first-order valence-electron chi connectivity index (χ1n) is 6.44. The van der Waals surface area contributed by atoms with Crippen LogP contribution in [0.2, 0.25) is 0 Å². The number of aromatic nitrogens is 1. The van der Waals surface area contributed by atoms with Crippen molar-refractivity contribution in [2.75, 3.05) is 0 Å². The number of nitrogens with zero attached hydrogens (tertiary/aromatic N) is 1. The monoisotopic (exact) mass is 453 g/mol. The molecular weight excluding hydrogens is 441 g/mol. The van der Waals surface area contributed by atoms with Gasteiger partial charge in [-0.3, -0.25) is 10.8 Å². The minimum absolute atomic E-state index is 0.118. The lowest BCUT2D eigenvalue weighted by molar-refractivity contribution is 0.636. The third-order valence-corrected chi connectivity index (χ3v) is 4.84. The van der Waals surface area contributed by atoms with Crippen molar-refractivity contribution in [1.29, 1.82) is 0 Å². The van der Waals surface area contributed by atoms with Crippen molar-refractivity contribution in [3.8, 4) is 0 Å². The van der Waals surface area contributed by atoms with Gasteiger partial charge < -0.3 is 0 Å². The number of benzene rings is 2. The van der Waals surface area contributed by atoms with Crippen molar-refractivity contribution in [1.82, 2.24) is 10.4 Å². The molecule has 0 fully saturated rings. The van der Waals surface area contributed by atoms with Crippen LogP contribution < -0.4 is 11.3 Å². The zero-order valence-corrected chi connectivity index (χ0v) is 14.8. The summed E-state index contributed by atoms with van der Waals surface area (Å²) in [6, 6.07) is 14.3. The predicted octanol–water partition coefficient (Wildman–Crippen LogP) is 4.15. The predicted molar refractivity (Wildman–Crippen MR) is 97.8 cm³/mol. The van der Waals surface area contributed by atoms with Crippen LogP contribution in [-0.4, -0.2) is 4.98 Å². The van der Waals surface area contributed by atoms with Crippen LogP contribution >= 0.6 is 38.5 Å². The molecule has 0 amide bonds. The average molecular weight is 454 g/mol. The zero-order chi connectivity index (χ0) is 14.8. The van der Waals surface area contributed by atoms with Gasteiger partial charge >= 0.3 is 0 Å². The fraction of sp³-hybridized carbons (Fsp3) is 0.0625. The highest BCUT2D eigenvalue weighted by atomic mass is 127. The molecule has 21 heavy (non-hydrogen) atoms. The van der Waals surface area contributed by atoms with E-state index in [1.807, 2.05) is 30.6 Å². The molecule has 0 saturated heterocycles. The first kappa shape index (κ1) is 14.9. The van der Waals surface area contributed by atoms with Crippen LogP contribution in [0, 0.1) is 3.57 Å². The van der Waals surface area contributed by atoms with Gasteiger partial charge in [-0.05, 0) is 51.7 Å². The van der Waals surface area contributed by atoms with E-state index < -0.39 is 0 Å². The number of hydrogen-bond donors (Lipinski definition) is 2. The zero-order valence-electron chi connectivity index (χ0n) is 11.1. The van der Waals surface area contributed by atoms with Gasteiger partial charge in [-0.1, -0.05) is 40.2 Å². The molecule has 0 bridgehead atoms. The number of nitrogens with one attached hydrogen (secondary N) is 1. The molecular formula is C16H13BrIN3. The van der Waals surface area contributed by atoms with E-state index in [1.165, 1.54) is 3.57 Å². The highest BCUT2D eigenvalue weighted by Crippen LogP contribution is 2.32. The van der Waals surface area contributed by atoms with E-state index in [9.17, 15) is 0 Å². The van der Waals surface area contributed by atoms with Gasteiger partial charge in [0.25, 0.3) is 0 Å². The summed E-state index contributed by atoms with van der Waals surface area (Å²) in [7, 11) is 0. The molecule has 0 radical (unpaired) electrons. The van der Waals surface area contributed by atoms with Gasteiger partial charge in [0.1, 0.15) is 0 Å². The summed E-state index contributed by atoms with van der Waals surface area (Å²) in [4.78, 5) is 4.35. The lowest BCUT2D eigenvalue weighted by Crippen LogP contribution is -2.29. The quantitative estimate of drug-likeness (QED) is 0.355. The number of hydrogen-bond acceptors (Lipinski definition) is 3. The molecule has 2 aromatic carbocycles. The Labute approximate surface area is 145 Å². The van der Waals surface area contributed by atoms with Gasteiger partial charge in [-0.25, -0.2) is 5.43 Å². The van der Waals surface area contributed by atoms with Gasteiger partial charge in [-0.15, -0.1) is 0 Å². The van der Waals surface area contributed by atoms with Crippen LogP contribution in [0.5, 0.6) is 0 Å². The minimum Gasteiger partial charge on any atom is -0.271 e. The van der Waals surface area contributed by atoms with E-state index in [1.54, 1.807) is 0 Å². The molecule has 3 rings (SSSR count). The summed E-state index contributed by atoms with van der Waals surface area (Å²) in [5, 5.41) is 2.26. The van der Waals surface area contributed by atoms with Gasteiger partial charge in [0.15, 0.2) is 0 Å². The third-order valence-electron chi connectivity index (χ3n) is 3.45. The second-order valence-electron chi connectivity index (χ2n) is 4.72. The summed E-state index contributed by atoms with van der Waals surface area (Å²) >= 11 is 5.92. The Balaban J connectivity index is 2.21. The maximum atomic E-state index is 5.85. The normalized spacial score (nSPS) is 12.5. The summed E-state index contributed by atoms with van der Waals surface area (Å²) in [5.74, 6) is 5.85. The Morgan fingerprint density at radius 3 is 2.71 bits per heavy atom. The molecule has 1 aromatic heterocycles. The summed E-state index contributed by atoms with van der Waals surface area (Å²) in [6.45, 7) is 0. The molecule has 106 valence electrons. The smallest absolute Gasteiger partial charge is 0.0742 e. The highest BCUT2D eigenvalue weighted by Gasteiger charge is 2.18. The van der Waals surface area contributed by atoms with E-state index in [0.717, 1.165) is 26.4 Å². The lowest BCUT2D eigenvalue weighted by Gasteiger charge is -2.20. The largest absolute Gasteiger partial charge is 0.271 e. The fourth-order valence-corrected chi connectivity index (χ4v) is 3.44. The second kappa shape index (κ2) is 6.39. The van der Waals surface area contributed by atoms with Gasteiger partial charge in [-0.2, -0.15) is 0 Å². The third kappa shape index (κ3) is 2.96. The second-order valence-corrected chi connectivity index (χ2v) is 6.82. The van der Waals surface area contributed by atoms with Crippen molar-refractivity contribution in [3.63, 3.8) is 0 Å². The highest BCUT2D eigenvalue weighted by molar-refractivity contribution is 14.1. The standard InChI is InChI=1S/C16H13BrIN3/c17-15-6-5-11(18)7-13(15)16(21-19)14-9-20-8-10-3-1-2-4-12(10)14/h1-9,16,21H,19H2. The van der Waals surface area contributed by atoms with E-state index in [0.29, 0.717) is 0 Å². The first-order chi connectivity index (χ1) is 10.2. The molecule has 0 aliphatic heterocycles. The number of fused-ring (bicyclic) bond motifs is 1. The summed E-state index contributed by atoms with van der Waals surface area (Å²) < 4.78 is 2.19. The number of rotatable bonds is 3. The van der Waals surface area contributed by atoms with E-state index in [4.69, 9.17) is 5.84 Å². The van der Waals surface area contributed by atoms with Crippen LogP contribution in [0.3, 0.4) is 0 Å². The topological polar surface area (TPSA) is 50.9 Å². The first-order valence-corrected chi connectivity index (χ1v) is 8.31. The molecule has 3 nitrogen and oxygen atoms in total. The number of pyridine rings is 1. The maximum absolute atomic E-state index is 5.85. The molecule has 0 spiro atoms. The van der Waals surface area contributed by atoms with Crippen molar-refractivity contribution in [2.24, 2.45) is 5.84 Å². The Kier molecular flexibility index (Phi) is 4.54. The van der Waals surface area contributed by atoms with Crippen LogP contribution in [0.15, 0.2) is 59.3 Å². The Morgan fingerprint density at radius 1 is 1.10 bits per heavy atom. The van der Waals surface area contributed by atoms with Crippen LogP contribution in [-0.2, 0) is 0 Å². The molecule has 1 unspecified atom stereocenters. The van der Waals surface area contributed by atoms with E-state index >= 15 is 0 Å². The number of nitrogens with two attached hydrogens (primary N) is 1. The average Bonchev–Trinajstić information content (AvgIpc) is 2.51. The van der Waals surface area contributed by atoms with Gasteiger partial charge in [0.2, 0.25) is 0 Å². The number of hydrazine groups is 1. The molecule has 1 atom stereocenters. The Hall–Kier alpha value is -1.02. The van der Waals surface area contributed by atoms with Gasteiger partial charge in [0.05, 0.1) is 6.04 Å². The molecule has 0 aliphatic rings. The van der Waals surface area contributed by atoms with Crippen LogP contribution in [0.1, 0.15) is 17.2 Å². The molecule has 3 aromatic rings. The van der Waals surface area contributed by atoms with E-state index in [2.05, 4.69) is 73.2 Å². The summed E-state index contributed by atoms with van der Waals surface area (Å²) in [5.41, 5.74) is 5.09. The van der Waals surface area contributed by atoms with Crippen molar-refractivity contribution in [3.05, 3.63) is 74.0 Å². The fourth-order valence-electron chi connectivity index (χ4n) is 2.45.